The normalized spacial score (nSPS) is 17.1. The Kier molecular flexibility index (Phi) is 4.37. The van der Waals surface area contributed by atoms with E-state index in [0.29, 0.717) is 12.6 Å². The van der Waals surface area contributed by atoms with Gasteiger partial charge in [-0.15, -0.1) is 0 Å². The van der Waals surface area contributed by atoms with Crippen molar-refractivity contribution in [2.24, 2.45) is 5.73 Å². The summed E-state index contributed by atoms with van der Waals surface area (Å²) < 4.78 is 0. The third-order valence-corrected chi connectivity index (χ3v) is 3.74. The molecular formula is C14H23N3. The zero-order valence-corrected chi connectivity index (χ0v) is 10.7. The molecule has 3 heteroatoms. The van der Waals surface area contributed by atoms with Gasteiger partial charge in [-0.1, -0.05) is 25.3 Å². The van der Waals surface area contributed by atoms with Crippen LogP contribution in [0, 0.1) is 0 Å². The summed E-state index contributed by atoms with van der Waals surface area (Å²) >= 11 is 0. The highest BCUT2D eigenvalue weighted by Gasteiger charge is 2.20. The van der Waals surface area contributed by atoms with E-state index < -0.39 is 0 Å². The van der Waals surface area contributed by atoms with Crippen LogP contribution in [0.15, 0.2) is 18.3 Å². The number of nitrogens with two attached hydrogens (primary N) is 1. The number of hydrogen-bond donors (Lipinski definition) is 1. The monoisotopic (exact) mass is 233 g/mol. The van der Waals surface area contributed by atoms with Crippen molar-refractivity contribution in [3.8, 4) is 0 Å². The van der Waals surface area contributed by atoms with Gasteiger partial charge in [0.2, 0.25) is 0 Å². The summed E-state index contributed by atoms with van der Waals surface area (Å²) in [4.78, 5) is 6.91. The van der Waals surface area contributed by atoms with E-state index in [1.54, 1.807) is 0 Å². The fraction of sp³-hybridized carbons (Fsp3) is 0.643. The summed E-state index contributed by atoms with van der Waals surface area (Å²) in [5, 5.41) is 0. The van der Waals surface area contributed by atoms with Gasteiger partial charge in [0.15, 0.2) is 0 Å². The average Bonchev–Trinajstić information content (AvgIpc) is 2.40. The molecule has 0 amide bonds. The van der Waals surface area contributed by atoms with Gasteiger partial charge in [0.05, 0.1) is 0 Å². The number of rotatable bonds is 4. The van der Waals surface area contributed by atoms with Crippen molar-refractivity contribution in [1.29, 1.82) is 0 Å². The van der Waals surface area contributed by atoms with Crippen LogP contribution >= 0.6 is 0 Å². The molecule has 1 fully saturated rings. The summed E-state index contributed by atoms with van der Waals surface area (Å²) in [6.45, 7) is 0.692. The standard InChI is InChI=1S/C14H23N3/c1-17(13-7-3-2-4-8-13)14-12(9-10-15)6-5-11-16-14/h5-6,11,13H,2-4,7-10,15H2,1H3. The summed E-state index contributed by atoms with van der Waals surface area (Å²) in [5.74, 6) is 1.13. The molecule has 0 aromatic carbocycles. The predicted octanol–water partition coefficient (Wildman–Crippen LogP) is 2.35. The molecule has 2 rings (SSSR count). The molecule has 3 nitrogen and oxygen atoms in total. The summed E-state index contributed by atoms with van der Waals surface area (Å²) in [6, 6.07) is 4.81. The average molecular weight is 233 g/mol. The molecule has 0 aliphatic heterocycles. The minimum absolute atomic E-state index is 0.662. The Labute approximate surface area is 104 Å². The van der Waals surface area contributed by atoms with Gasteiger partial charge in [-0.05, 0) is 37.4 Å². The zero-order valence-electron chi connectivity index (χ0n) is 10.7. The van der Waals surface area contributed by atoms with Crippen molar-refractivity contribution < 1.29 is 0 Å². The van der Waals surface area contributed by atoms with E-state index in [-0.39, 0.29) is 0 Å². The fourth-order valence-electron chi connectivity index (χ4n) is 2.74. The molecule has 0 spiro atoms. The molecule has 94 valence electrons. The van der Waals surface area contributed by atoms with E-state index in [4.69, 9.17) is 5.73 Å². The van der Waals surface area contributed by atoms with E-state index in [9.17, 15) is 0 Å². The van der Waals surface area contributed by atoms with Gasteiger partial charge in [0, 0.05) is 19.3 Å². The van der Waals surface area contributed by atoms with Crippen molar-refractivity contribution in [2.45, 2.75) is 44.6 Å². The topological polar surface area (TPSA) is 42.2 Å². The third-order valence-electron chi connectivity index (χ3n) is 3.74. The Balaban J connectivity index is 2.14. The molecule has 0 saturated heterocycles. The van der Waals surface area contributed by atoms with E-state index in [2.05, 4.69) is 23.0 Å². The molecular weight excluding hydrogens is 210 g/mol. The van der Waals surface area contributed by atoms with E-state index in [1.165, 1.54) is 37.7 Å². The summed E-state index contributed by atoms with van der Waals surface area (Å²) in [6.07, 6.45) is 9.50. The molecule has 2 N–H and O–H groups in total. The first kappa shape index (κ1) is 12.4. The highest BCUT2D eigenvalue weighted by Crippen LogP contribution is 2.26. The minimum atomic E-state index is 0.662. The van der Waals surface area contributed by atoms with Crippen LogP contribution in [0.1, 0.15) is 37.7 Å². The summed E-state index contributed by atoms with van der Waals surface area (Å²) in [5.41, 5.74) is 6.94. The van der Waals surface area contributed by atoms with Crippen molar-refractivity contribution in [2.75, 3.05) is 18.5 Å². The van der Waals surface area contributed by atoms with Crippen molar-refractivity contribution >= 4 is 5.82 Å². The molecule has 1 aromatic heterocycles. The fourth-order valence-corrected chi connectivity index (χ4v) is 2.74. The molecule has 1 aliphatic rings. The quantitative estimate of drug-likeness (QED) is 0.868. The molecule has 1 heterocycles. The van der Waals surface area contributed by atoms with Crippen molar-refractivity contribution in [3.63, 3.8) is 0 Å². The maximum absolute atomic E-state index is 5.66. The molecule has 0 atom stereocenters. The maximum atomic E-state index is 5.66. The number of aromatic nitrogens is 1. The first-order valence-corrected chi connectivity index (χ1v) is 6.69. The van der Waals surface area contributed by atoms with Crippen LogP contribution in [0.4, 0.5) is 5.82 Å². The van der Waals surface area contributed by atoms with Crippen LogP contribution in [0.3, 0.4) is 0 Å². The van der Waals surface area contributed by atoms with E-state index in [1.807, 2.05) is 12.3 Å². The van der Waals surface area contributed by atoms with Gasteiger partial charge in [-0.3, -0.25) is 0 Å². The Morgan fingerprint density at radius 2 is 2.12 bits per heavy atom. The Hall–Kier alpha value is -1.09. The van der Waals surface area contributed by atoms with Gasteiger partial charge in [0.25, 0.3) is 0 Å². The SMILES string of the molecule is CN(c1ncccc1CCN)C1CCCCC1. The van der Waals surface area contributed by atoms with Crippen LogP contribution in [-0.2, 0) is 6.42 Å². The lowest BCUT2D eigenvalue weighted by Gasteiger charge is -2.33. The minimum Gasteiger partial charge on any atom is -0.356 e. The maximum Gasteiger partial charge on any atom is 0.131 e. The highest BCUT2D eigenvalue weighted by molar-refractivity contribution is 5.47. The van der Waals surface area contributed by atoms with Crippen LogP contribution in [0.5, 0.6) is 0 Å². The van der Waals surface area contributed by atoms with Gasteiger partial charge < -0.3 is 10.6 Å². The van der Waals surface area contributed by atoms with Crippen LogP contribution in [0.25, 0.3) is 0 Å². The number of nitrogens with zero attached hydrogens (tertiary/aromatic N) is 2. The molecule has 0 bridgehead atoms. The molecule has 0 unspecified atom stereocenters. The lowest BCUT2D eigenvalue weighted by Crippen LogP contribution is -2.34. The largest absolute Gasteiger partial charge is 0.356 e. The smallest absolute Gasteiger partial charge is 0.131 e. The lowest BCUT2D eigenvalue weighted by molar-refractivity contribution is 0.425. The predicted molar refractivity (Wildman–Crippen MR) is 72.3 cm³/mol. The second kappa shape index (κ2) is 6.01. The lowest BCUT2D eigenvalue weighted by atomic mass is 9.94. The van der Waals surface area contributed by atoms with Crippen molar-refractivity contribution in [3.05, 3.63) is 23.9 Å². The summed E-state index contributed by atoms with van der Waals surface area (Å²) in [7, 11) is 2.18. The second-order valence-corrected chi connectivity index (χ2v) is 4.93. The first-order valence-electron chi connectivity index (χ1n) is 6.69. The van der Waals surface area contributed by atoms with Gasteiger partial charge in [-0.25, -0.2) is 4.98 Å². The van der Waals surface area contributed by atoms with E-state index >= 15 is 0 Å². The van der Waals surface area contributed by atoms with Crippen molar-refractivity contribution in [1.82, 2.24) is 4.98 Å². The van der Waals surface area contributed by atoms with E-state index in [0.717, 1.165) is 12.2 Å². The molecule has 1 saturated carbocycles. The first-order chi connectivity index (χ1) is 8.33. The zero-order chi connectivity index (χ0) is 12.1. The third kappa shape index (κ3) is 2.97. The van der Waals surface area contributed by atoms with Gasteiger partial charge in [0.1, 0.15) is 5.82 Å². The van der Waals surface area contributed by atoms with Crippen LogP contribution in [-0.4, -0.2) is 24.6 Å². The molecule has 1 aliphatic carbocycles. The number of hydrogen-bond acceptors (Lipinski definition) is 3. The van der Waals surface area contributed by atoms with Crippen LogP contribution in [0.2, 0.25) is 0 Å². The number of anilines is 1. The Morgan fingerprint density at radius 1 is 1.35 bits per heavy atom. The van der Waals surface area contributed by atoms with Gasteiger partial charge in [-0.2, -0.15) is 0 Å². The highest BCUT2D eigenvalue weighted by atomic mass is 15.2. The molecule has 1 aromatic rings. The second-order valence-electron chi connectivity index (χ2n) is 4.93. The Bertz CT molecular complexity index is 345. The number of pyridine rings is 1. The molecule has 0 radical (unpaired) electrons. The Morgan fingerprint density at radius 3 is 2.82 bits per heavy atom. The van der Waals surface area contributed by atoms with Crippen LogP contribution < -0.4 is 10.6 Å². The molecule has 17 heavy (non-hydrogen) atoms. The van der Waals surface area contributed by atoms with Gasteiger partial charge >= 0.3 is 0 Å².